The molecule has 2 N–H and O–H groups in total. The maximum atomic E-state index is 14.8. The van der Waals surface area contributed by atoms with Crippen LogP contribution in [0.4, 0.5) is 8.78 Å². The van der Waals surface area contributed by atoms with E-state index >= 15 is 0 Å². The highest BCUT2D eigenvalue weighted by Gasteiger charge is 2.33. The number of oxazole rings is 1. The molecule has 36 heavy (non-hydrogen) atoms. The number of nitrogens with zero attached hydrogens (tertiary/aromatic N) is 2. The Morgan fingerprint density at radius 3 is 2.31 bits per heavy atom. The summed E-state index contributed by atoms with van der Waals surface area (Å²) in [7, 11) is 0. The van der Waals surface area contributed by atoms with E-state index in [2.05, 4.69) is 4.98 Å². The van der Waals surface area contributed by atoms with E-state index in [9.17, 15) is 23.8 Å². The average molecular weight is 513 g/mol. The van der Waals surface area contributed by atoms with Gasteiger partial charge in [0.05, 0.1) is 29.9 Å². The first-order valence-electron chi connectivity index (χ1n) is 11.2. The summed E-state index contributed by atoms with van der Waals surface area (Å²) in [5.74, 6) is -1.63. The van der Waals surface area contributed by atoms with Crippen LogP contribution in [0.15, 0.2) is 62.8 Å². The summed E-state index contributed by atoms with van der Waals surface area (Å²) < 4.78 is 35.8. The molecule has 0 atom stereocenters. The molecule has 0 bridgehead atoms. The lowest BCUT2D eigenvalue weighted by Gasteiger charge is -2.19. The van der Waals surface area contributed by atoms with Gasteiger partial charge >= 0.3 is 0 Å². The van der Waals surface area contributed by atoms with E-state index in [-0.39, 0.29) is 28.5 Å². The Hall–Kier alpha value is -3.27. The Balaban J connectivity index is 1.98. The van der Waals surface area contributed by atoms with Crippen LogP contribution in [0.3, 0.4) is 0 Å². The summed E-state index contributed by atoms with van der Waals surface area (Å²) in [6.45, 7) is 4.43. The van der Waals surface area contributed by atoms with Gasteiger partial charge in [-0.25, -0.2) is 13.8 Å². The molecular weight excluding hydrogens is 486 g/mol. The molecule has 0 saturated carbocycles. The van der Waals surface area contributed by atoms with Crippen LogP contribution in [0.2, 0.25) is 0 Å². The molecular formula is C27H26F2N2O4S. The third-order valence-electron chi connectivity index (χ3n) is 6.14. The number of hydrogen-bond acceptors (Lipinski definition) is 6. The monoisotopic (exact) mass is 512 g/mol. The normalized spacial score (nSPS) is 11.8. The van der Waals surface area contributed by atoms with Crippen LogP contribution in [-0.2, 0) is 5.41 Å². The molecule has 188 valence electrons. The van der Waals surface area contributed by atoms with E-state index in [1.807, 2.05) is 32.2 Å². The summed E-state index contributed by atoms with van der Waals surface area (Å²) in [6, 6.07) is 9.98. The van der Waals surface area contributed by atoms with Gasteiger partial charge in [0.1, 0.15) is 17.3 Å². The molecule has 2 aromatic carbocycles. The molecule has 0 saturated heterocycles. The van der Waals surface area contributed by atoms with Crippen molar-refractivity contribution in [2.24, 2.45) is 0 Å². The topological polar surface area (TPSA) is 88.5 Å². The van der Waals surface area contributed by atoms with E-state index < -0.39 is 30.3 Å². The van der Waals surface area contributed by atoms with E-state index in [1.54, 1.807) is 30.9 Å². The number of hydrogen-bond donors (Lipinski definition) is 2. The quantitative estimate of drug-likeness (QED) is 0.338. The highest BCUT2D eigenvalue weighted by atomic mass is 32.2. The molecule has 2 heterocycles. The van der Waals surface area contributed by atoms with Crippen LogP contribution in [-0.4, -0.2) is 39.2 Å². The van der Waals surface area contributed by atoms with Crippen molar-refractivity contribution in [3.8, 4) is 28.3 Å². The van der Waals surface area contributed by atoms with Crippen LogP contribution in [0.1, 0.15) is 23.9 Å². The molecule has 0 aliphatic heterocycles. The summed E-state index contributed by atoms with van der Waals surface area (Å²) >= 11 is 1.60. The molecule has 0 aliphatic rings. The Morgan fingerprint density at radius 2 is 1.72 bits per heavy atom. The minimum atomic E-state index is -1.25. The Morgan fingerprint density at radius 1 is 1.06 bits per heavy atom. The van der Waals surface area contributed by atoms with Crippen LogP contribution >= 0.6 is 11.8 Å². The summed E-state index contributed by atoms with van der Waals surface area (Å²) in [5, 5.41) is 19.7. The van der Waals surface area contributed by atoms with Crippen molar-refractivity contribution in [1.29, 1.82) is 0 Å². The van der Waals surface area contributed by atoms with E-state index in [4.69, 9.17) is 4.42 Å². The molecule has 0 spiro atoms. The van der Waals surface area contributed by atoms with Gasteiger partial charge in [-0.3, -0.25) is 9.36 Å². The number of aromatic nitrogens is 2. The summed E-state index contributed by atoms with van der Waals surface area (Å²) in [5.41, 5.74) is 1.58. The van der Waals surface area contributed by atoms with Crippen molar-refractivity contribution in [2.45, 2.75) is 31.1 Å². The fraction of sp³-hybridized carbons (Fsp3) is 0.259. The first-order valence-corrected chi connectivity index (χ1v) is 12.4. The Labute approximate surface area is 211 Å². The second kappa shape index (κ2) is 10.0. The fourth-order valence-corrected chi connectivity index (χ4v) is 4.62. The zero-order chi connectivity index (χ0) is 26.2. The molecule has 0 amide bonds. The molecule has 9 heteroatoms. The van der Waals surface area contributed by atoms with Gasteiger partial charge in [0, 0.05) is 28.8 Å². The molecule has 0 aliphatic carbocycles. The van der Waals surface area contributed by atoms with Crippen molar-refractivity contribution < 1.29 is 23.4 Å². The maximum Gasteiger partial charge on any atom is 0.255 e. The molecule has 2 aromatic heterocycles. The number of aryl methyl sites for hydroxylation is 2. The number of rotatable bonds is 7. The average Bonchev–Trinajstić information content (AvgIpc) is 3.30. The van der Waals surface area contributed by atoms with E-state index in [0.717, 1.165) is 28.2 Å². The Kier molecular flexibility index (Phi) is 7.17. The van der Waals surface area contributed by atoms with Crippen LogP contribution in [0.25, 0.3) is 28.3 Å². The maximum absolute atomic E-state index is 14.8. The molecule has 4 aromatic rings. The van der Waals surface area contributed by atoms with Gasteiger partial charge in [0.2, 0.25) is 5.89 Å². The van der Waals surface area contributed by atoms with Gasteiger partial charge in [0.25, 0.3) is 5.56 Å². The second-order valence-corrected chi connectivity index (χ2v) is 9.81. The predicted octanol–water partition coefficient (Wildman–Crippen LogP) is 5.02. The highest BCUT2D eigenvalue weighted by Crippen LogP contribution is 2.38. The van der Waals surface area contributed by atoms with Gasteiger partial charge in [-0.15, -0.1) is 11.8 Å². The van der Waals surface area contributed by atoms with Crippen molar-refractivity contribution >= 4 is 11.8 Å². The van der Waals surface area contributed by atoms with Crippen molar-refractivity contribution in [2.75, 3.05) is 19.5 Å². The van der Waals surface area contributed by atoms with Crippen LogP contribution in [0.5, 0.6) is 0 Å². The zero-order valence-electron chi connectivity index (χ0n) is 20.3. The second-order valence-electron chi connectivity index (χ2n) is 8.93. The van der Waals surface area contributed by atoms with Gasteiger partial charge in [-0.05, 0) is 68.5 Å². The van der Waals surface area contributed by atoms with Gasteiger partial charge in [-0.2, -0.15) is 0 Å². The molecule has 0 radical (unpaired) electrons. The number of aliphatic hydroxyl groups is 2. The van der Waals surface area contributed by atoms with E-state index in [1.165, 1.54) is 16.7 Å². The number of pyridine rings is 1. The van der Waals surface area contributed by atoms with Gasteiger partial charge in [-0.1, -0.05) is 0 Å². The molecule has 0 fully saturated rings. The van der Waals surface area contributed by atoms with Gasteiger partial charge < -0.3 is 14.6 Å². The minimum absolute atomic E-state index is 0.00741. The first-order chi connectivity index (χ1) is 17.1. The van der Waals surface area contributed by atoms with Gasteiger partial charge in [0.15, 0.2) is 5.76 Å². The lowest BCUT2D eigenvalue weighted by atomic mass is 9.93. The number of aliphatic hydroxyl groups excluding tert-OH is 2. The highest BCUT2D eigenvalue weighted by molar-refractivity contribution is 7.98. The molecule has 6 nitrogen and oxygen atoms in total. The van der Waals surface area contributed by atoms with Crippen LogP contribution < -0.4 is 5.56 Å². The molecule has 0 unspecified atom stereocenters. The van der Waals surface area contributed by atoms with Crippen molar-refractivity contribution in [3.05, 3.63) is 87.7 Å². The largest absolute Gasteiger partial charge is 0.439 e. The minimum Gasteiger partial charge on any atom is -0.439 e. The lowest BCUT2D eigenvalue weighted by molar-refractivity contribution is 0.109. The van der Waals surface area contributed by atoms with Crippen molar-refractivity contribution in [3.63, 3.8) is 0 Å². The Bertz CT molecular complexity index is 1470. The SMILES string of the molecule is CSc1cc(C)c(-n2cc(-c3nc(C(C)(CO)CO)oc3-c3ccc(F)cc3F)ccc2=O)c(C)c1. The third-order valence-corrected chi connectivity index (χ3v) is 6.85. The van der Waals surface area contributed by atoms with Crippen molar-refractivity contribution in [1.82, 2.24) is 9.55 Å². The fourth-order valence-electron chi connectivity index (χ4n) is 4.03. The predicted molar refractivity (Wildman–Crippen MR) is 136 cm³/mol. The van der Waals surface area contributed by atoms with E-state index in [0.29, 0.717) is 11.3 Å². The number of benzene rings is 2. The number of thioether (sulfide) groups is 1. The number of halogens is 2. The zero-order valence-corrected chi connectivity index (χ0v) is 21.1. The lowest BCUT2D eigenvalue weighted by Crippen LogP contribution is -2.31. The standard InChI is InChI=1S/C27H26F2N2O4S/c1-15-9-19(36-4)10-16(2)24(15)31-12-17(5-8-22(31)34)23-25(20-7-6-18(28)11-21(20)29)35-26(30-23)27(3,13-32)14-33/h5-12,32-33H,13-14H2,1-4H3. The smallest absolute Gasteiger partial charge is 0.255 e. The van der Waals surface area contributed by atoms with Crippen LogP contribution in [0, 0.1) is 25.5 Å². The summed E-state index contributed by atoms with van der Waals surface area (Å²) in [6.07, 6.45) is 3.57. The third kappa shape index (κ3) is 4.61. The molecule has 4 rings (SSSR count). The first kappa shape index (κ1) is 25.8. The summed E-state index contributed by atoms with van der Waals surface area (Å²) in [4.78, 5) is 18.5.